The van der Waals surface area contributed by atoms with E-state index in [2.05, 4.69) is 69.3 Å². The van der Waals surface area contributed by atoms with Crippen molar-refractivity contribution in [3.05, 3.63) is 70.8 Å². The Balaban J connectivity index is 2.00. The highest BCUT2D eigenvalue weighted by Crippen LogP contribution is 2.37. The molecule has 0 saturated heterocycles. The van der Waals surface area contributed by atoms with Crippen LogP contribution in [-0.4, -0.2) is 0 Å². The Hall–Kier alpha value is -2.02. The monoisotopic (exact) mass is 250 g/mol. The van der Waals surface area contributed by atoms with Crippen LogP contribution < -0.4 is 4.74 Å². The molecule has 1 nitrogen and oxygen atoms in total. The molecule has 1 heteroatoms. The summed E-state index contributed by atoms with van der Waals surface area (Å²) in [5, 5.41) is 0. The predicted molar refractivity (Wildman–Crippen MR) is 79.4 cm³/mol. The van der Waals surface area contributed by atoms with Gasteiger partial charge < -0.3 is 4.74 Å². The first-order valence-corrected chi connectivity index (χ1v) is 6.66. The number of benzene rings is 2. The topological polar surface area (TPSA) is 9.23 Å². The summed E-state index contributed by atoms with van der Waals surface area (Å²) < 4.78 is 6.13. The number of hydrogen-bond acceptors (Lipinski definition) is 1. The second-order valence-corrected chi connectivity index (χ2v) is 5.30. The first-order chi connectivity index (χ1) is 9.13. The Morgan fingerprint density at radius 2 is 1.53 bits per heavy atom. The number of ether oxygens (including phenoxy) is 1. The SMILES string of the molecule is CC1=C[C@H](c2ccc(C)cc2)Oc2cc(C)ccc21. The van der Waals surface area contributed by atoms with Crippen LogP contribution in [0.15, 0.2) is 48.5 Å². The van der Waals surface area contributed by atoms with E-state index in [0.29, 0.717) is 0 Å². The Morgan fingerprint density at radius 1 is 0.842 bits per heavy atom. The van der Waals surface area contributed by atoms with Crippen molar-refractivity contribution >= 4 is 5.57 Å². The van der Waals surface area contributed by atoms with E-state index in [0.717, 1.165) is 5.75 Å². The van der Waals surface area contributed by atoms with Crippen LogP contribution in [0.5, 0.6) is 5.75 Å². The number of hydrogen-bond donors (Lipinski definition) is 0. The largest absolute Gasteiger partial charge is 0.481 e. The van der Waals surface area contributed by atoms with Crippen molar-refractivity contribution in [1.29, 1.82) is 0 Å². The fourth-order valence-corrected chi connectivity index (χ4v) is 2.46. The molecule has 1 atom stereocenters. The highest BCUT2D eigenvalue weighted by molar-refractivity contribution is 5.72. The highest BCUT2D eigenvalue weighted by Gasteiger charge is 2.19. The van der Waals surface area contributed by atoms with Gasteiger partial charge in [0.1, 0.15) is 11.9 Å². The summed E-state index contributed by atoms with van der Waals surface area (Å²) in [6.45, 7) is 6.35. The minimum Gasteiger partial charge on any atom is -0.481 e. The van der Waals surface area contributed by atoms with Crippen LogP contribution in [-0.2, 0) is 0 Å². The lowest BCUT2D eigenvalue weighted by molar-refractivity contribution is 0.250. The molecule has 0 aromatic heterocycles. The van der Waals surface area contributed by atoms with Gasteiger partial charge in [-0.3, -0.25) is 0 Å². The van der Waals surface area contributed by atoms with Crippen LogP contribution in [0.1, 0.15) is 35.3 Å². The molecule has 96 valence electrons. The lowest BCUT2D eigenvalue weighted by Crippen LogP contribution is -2.10. The molecule has 0 bridgehead atoms. The van der Waals surface area contributed by atoms with Crippen LogP contribution in [0.4, 0.5) is 0 Å². The zero-order valence-corrected chi connectivity index (χ0v) is 11.6. The molecule has 1 aliphatic rings. The molecule has 1 aliphatic heterocycles. The molecule has 0 spiro atoms. The Kier molecular flexibility index (Phi) is 2.90. The lowest BCUT2D eigenvalue weighted by Gasteiger charge is -2.25. The van der Waals surface area contributed by atoms with E-state index < -0.39 is 0 Å². The molecule has 0 unspecified atom stereocenters. The van der Waals surface area contributed by atoms with Crippen molar-refractivity contribution in [2.24, 2.45) is 0 Å². The van der Waals surface area contributed by atoms with Crippen LogP contribution in [0.2, 0.25) is 0 Å². The molecule has 0 fully saturated rings. The van der Waals surface area contributed by atoms with Gasteiger partial charge in [-0.05, 0) is 49.6 Å². The number of aryl methyl sites for hydroxylation is 2. The minimum atomic E-state index is 0.0231. The maximum atomic E-state index is 6.13. The van der Waals surface area contributed by atoms with Crippen molar-refractivity contribution in [2.45, 2.75) is 26.9 Å². The van der Waals surface area contributed by atoms with Gasteiger partial charge in [-0.25, -0.2) is 0 Å². The average Bonchev–Trinajstić information content (AvgIpc) is 2.38. The summed E-state index contributed by atoms with van der Waals surface area (Å²) in [5.74, 6) is 0.991. The first-order valence-electron chi connectivity index (χ1n) is 6.66. The third-order valence-corrected chi connectivity index (χ3v) is 3.62. The lowest BCUT2D eigenvalue weighted by atomic mass is 9.97. The smallest absolute Gasteiger partial charge is 0.143 e. The van der Waals surface area contributed by atoms with Gasteiger partial charge in [0.2, 0.25) is 0 Å². The van der Waals surface area contributed by atoms with E-state index in [1.54, 1.807) is 0 Å². The van der Waals surface area contributed by atoms with E-state index in [1.807, 2.05) is 0 Å². The molecule has 1 heterocycles. The molecule has 2 aromatic carbocycles. The molecule has 0 aliphatic carbocycles. The zero-order chi connectivity index (χ0) is 13.4. The predicted octanol–water partition coefficient (Wildman–Crippen LogP) is 4.84. The van der Waals surface area contributed by atoms with Gasteiger partial charge in [-0.15, -0.1) is 0 Å². The fraction of sp³-hybridized carbons (Fsp3) is 0.222. The second kappa shape index (κ2) is 4.58. The highest BCUT2D eigenvalue weighted by atomic mass is 16.5. The van der Waals surface area contributed by atoms with Gasteiger partial charge in [0, 0.05) is 5.56 Å². The molecule has 0 saturated carbocycles. The fourth-order valence-electron chi connectivity index (χ4n) is 2.46. The van der Waals surface area contributed by atoms with Crippen LogP contribution >= 0.6 is 0 Å². The molecule has 0 radical (unpaired) electrons. The summed E-state index contributed by atoms with van der Waals surface area (Å²) in [7, 11) is 0. The summed E-state index contributed by atoms with van der Waals surface area (Å²) in [4.78, 5) is 0. The number of fused-ring (bicyclic) bond motifs is 1. The first kappa shape index (κ1) is 12.0. The molecule has 0 amide bonds. The standard InChI is InChI=1S/C18H18O/c1-12-4-7-15(8-5-12)17-11-14(3)16-9-6-13(2)10-18(16)19-17/h4-11,17H,1-3H3/t17-/m1/s1. The maximum Gasteiger partial charge on any atom is 0.143 e. The van der Waals surface area contributed by atoms with Gasteiger partial charge in [0.25, 0.3) is 0 Å². The third-order valence-electron chi connectivity index (χ3n) is 3.62. The molecule has 3 rings (SSSR count). The van der Waals surface area contributed by atoms with Crippen molar-refractivity contribution in [2.75, 3.05) is 0 Å². The average molecular weight is 250 g/mol. The summed E-state index contributed by atoms with van der Waals surface area (Å²) >= 11 is 0. The van der Waals surface area contributed by atoms with E-state index in [-0.39, 0.29) is 6.10 Å². The normalized spacial score (nSPS) is 17.4. The van der Waals surface area contributed by atoms with Crippen LogP contribution in [0, 0.1) is 13.8 Å². The maximum absolute atomic E-state index is 6.13. The number of allylic oxidation sites excluding steroid dienone is 1. The van der Waals surface area contributed by atoms with Gasteiger partial charge in [-0.2, -0.15) is 0 Å². The van der Waals surface area contributed by atoms with Gasteiger partial charge >= 0.3 is 0 Å². The Labute approximate surface area is 114 Å². The van der Waals surface area contributed by atoms with Gasteiger partial charge in [0.15, 0.2) is 0 Å². The summed E-state index contributed by atoms with van der Waals surface area (Å²) in [5.41, 5.74) is 6.20. The molecule has 2 aromatic rings. The van der Waals surface area contributed by atoms with Crippen LogP contribution in [0.3, 0.4) is 0 Å². The number of rotatable bonds is 1. The Bertz CT molecular complexity index is 635. The summed E-state index contributed by atoms with van der Waals surface area (Å²) in [6.07, 6.45) is 2.22. The Morgan fingerprint density at radius 3 is 2.26 bits per heavy atom. The van der Waals surface area contributed by atoms with E-state index in [1.165, 1.54) is 27.8 Å². The quantitative estimate of drug-likeness (QED) is 0.703. The van der Waals surface area contributed by atoms with Crippen molar-refractivity contribution in [3.63, 3.8) is 0 Å². The molecular weight excluding hydrogens is 232 g/mol. The molecule has 19 heavy (non-hydrogen) atoms. The van der Waals surface area contributed by atoms with Crippen LogP contribution in [0.25, 0.3) is 5.57 Å². The van der Waals surface area contributed by atoms with E-state index in [9.17, 15) is 0 Å². The van der Waals surface area contributed by atoms with Gasteiger partial charge in [0.05, 0.1) is 0 Å². The van der Waals surface area contributed by atoms with E-state index >= 15 is 0 Å². The molecular formula is C18H18O. The molecule has 0 N–H and O–H groups in total. The second-order valence-electron chi connectivity index (χ2n) is 5.30. The minimum absolute atomic E-state index is 0.0231. The zero-order valence-electron chi connectivity index (χ0n) is 11.6. The summed E-state index contributed by atoms with van der Waals surface area (Å²) in [6, 6.07) is 14.9. The van der Waals surface area contributed by atoms with E-state index in [4.69, 9.17) is 4.74 Å². The third kappa shape index (κ3) is 2.28. The van der Waals surface area contributed by atoms with Gasteiger partial charge in [-0.1, -0.05) is 42.0 Å². The van der Waals surface area contributed by atoms with Crippen molar-refractivity contribution in [3.8, 4) is 5.75 Å². The van der Waals surface area contributed by atoms with Crippen molar-refractivity contribution < 1.29 is 4.74 Å². The van der Waals surface area contributed by atoms with Crippen molar-refractivity contribution in [1.82, 2.24) is 0 Å².